The van der Waals surface area contributed by atoms with E-state index in [0.717, 1.165) is 5.56 Å². The first-order valence-electron chi connectivity index (χ1n) is 8.07. The van der Waals surface area contributed by atoms with Crippen LogP contribution in [0.4, 0.5) is 0 Å². The van der Waals surface area contributed by atoms with Crippen LogP contribution in [0.1, 0.15) is 5.56 Å². The predicted molar refractivity (Wildman–Crippen MR) is 83.7 cm³/mol. The molecule has 4 rings (SSSR count). The number of carboxylic acids is 1. The molecule has 3 aliphatic heterocycles. The molecule has 2 fully saturated rings. The number of carbonyl (C=O) groups excluding carboxylic acids is 2. The molecule has 7 heteroatoms. The Hall–Kier alpha value is -2.54. The molecule has 1 spiro atoms. The monoisotopic (exact) mass is 344 g/mol. The minimum absolute atomic E-state index is 0.223. The maximum atomic E-state index is 12.9. The Kier molecular flexibility index (Phi) is 3.50. The highest BCUT2D eigenvalue weighted by Crippen LogP contribution is 2.52. The number of hydrogen-bond donors (Lipinski definition) is 0. The summed E-state index contributed by atoms with van der Waals surface area (Å²) in [6, 6.07) is 5.38. The van der Waals surface area contributed by atoms with Gasteiger partial charge in [-0.3, -0.25) is 4.79 Å². The van der Waals surface area contributed by atoms with Gasteiger partial charge in [0.2, 0.25) is 5.91 Å². The van der Waals surface area contributed by atoms with Gasteiger partial charge in [0.15, 0.2) is 0 Å². The summed E-state index contributed by atoms with van der Waals surface area (Å²) >= 11 is 0. The maximum Gasteiger partial charge on any atom is 0.230 e. The third-order valence-electron chi connectivity index (χ3n) is 5.31. The van der Waals surface area contributed by atoms with Gasteiger partial charge in [0.25, 0.3) is 0 Å². The van der Waals surface area contributed by atoms with Crippen molar-refractivity contribution in [2.45, 2.75) is 18.2 Å². The molecule has 3 aliphatic rings. The molecule has 0 radical (unpaired) electrons. The van der Waals surface area contributed by atoms with E-state index < -0.39 is 29.5 Å². The molecule has 7 nitrogen and oxygen atoms in total. The fraction of sp³-hybridized carbons (Fsp3) is 0.444. The third-order valence-corrected chi connectivity index (χ3v) is 5.31. The average molecular weight is 344 g/mol. The normalized spacial score (nSPS) is 32.2. The topological polar surface area (TPSA) is 88.1 Å². The van der Waals surface area contributed by atoms with E-state index in [1.165, 1.54) is 0 Å². The number of hydrogen-bond acceptors (Lipinski definition) is 6. The first-order chi connectivity index (χ1) is 12.0. The number of amides is 1. The molecule has 4 atom stereocenters. The van der Waals surface area contributed by atoms with E-state index >= 15 is 0 Å². The summed E-state index contributed by atoms with van der Waals surface area (Å²) in [5.41, 5.74) is -0.0387. The standard InChI is InChI=1S/C18H19NO6/c1-23-11-4-3-10(13(7-11)24-2)8-19-9-18-6-5-12(25-18)14(17(21)22)15(18)16(19)20/h3-7,12,14-15H,8-9H2,1-2H3,(H,21,22)/p-1/t12-,14-,15+,18-/m0/s1. The Morgan fingerprint density at radius 2 is 2.20 bits per heavy atom. The Labute approximate surface area is 144 Å². The number of methoxy groups -OCH3 is 2. The van der Waals surface area contributed by atoms with Gasteiger partial charge in [0, 0.05) is 30.1 Å². The Morgan fingerprint density at radius 3 is 2.88 bits per heavy atom. The fourth-order valence-electron chi connectivity index (χ4n) is 4.17. The zero-order valence-electron chi connectivity index (χ0n) is 13.9. The number of benzene rings is 1. The summed E-state index contributed by atoms with van der Waals surface area (Å²) in [5, 5.41) is 11.5. The number of fused-ring (bicyclic) bond motifs is 1. The summed E-state index contributed by atoms with van der Waals surface area (Å²) in [6.07, 6.45) is 2.98. The lowest BCUT2D eigenvalue weighted by Gasteiger charge is -2.24. The number of likely N-dealkylation sites (tertiary alicyclic amines) is 1. The smallest absolute Gasteiger partial charge is 0.230 e. The highest BCUT2D eigenvalue weighted by Gasteiger charge is 2.65. The van der Waals surface area contributed by atoms with E-state index in [2.05, 4.69) is 0 Å². The lowest BCUT2D eigenvalue weighted by Crippen LogP contribution is -2.45. The third kappa shape index (κ3) is 2.22. The van der Waals surface area contributed by atoms with Crippen LogP contribution in [0.25, 0.3) is 0 Å². The number of carbonyl (C=O) groups is 2. The van der Waals surface area contributed by atoms with Gasteiger partial charge in [-0.25, -0.2) is 0 Å². The van der Waals surface area contributed by atoms with Crippen LogP contribution < -0.4 is 14.6 Å². The summed E-state index contributed by atoms with van der Waals surface area (Å²) in [6.45, 7) is 0.633. The van der Waals surface area contributed by atoms with E-state index in [9.17, 15) is 14.7 Å². The number of rotatable bonds is 5. The van der Waals surface area contributed by atoms with Crippen molar-refractivity contribution in [1.29, 1.82) is 0 Å². The highest BCUT2D eigenvalue weighted by atomic mass is 16.5. The van der Waals surface area contributed by atoms with Crippen molar-refractivity contribution in [3.63, 3.8) is 0 Å². The Balaban J connectivity index is 1.61. The first kappa shape index (κ1) is 16.0. The van der Waals surface area contributed by atoms with Gasteiger partial charge in [-0.15, -0.1) is 0 Å². The summed E-state index contributed by atoms with van der Waals surface area (Å²) in [4.78, 5) is 26.0. The van der Waals surface area contributed by atoms with Gasteiger partial charge in [0.1, 0.15) is 17.1 Å². The van der Waals surface area contributed by atoms with Gasteiger partial charge in [-0.1, -0.05) is 12.2 Å². The molecule has 0 aliphatic carbocycles. The second kappa shape index (κ2) is 5.49. The zero-order valence-corrected chi connectivity index (χ0v) is 13.9. The van der Waals surface area contributed by atoms with Crippen molar-refractivity contribution in [2.75, 3.05) is 20.8 Å². The van der Waals surface area contributed by atoms with Crippen LogP contribution in [-0.4, -0.2) is 49.2 Å². The number of ether oxygens (including phenoxy) is 3. The van der Waals surface area contributed by atoms with Crippen molar-refractivity contribution < 1.29 is 28.9 Å². The van der Waals surface area contributed by atoms with Gasteiger partial charge >= 0.3 is 0 Å². The lowest BCUT2D eigenvalue weighted by atomic mass is 9.77. The molecule has 0 unspecified atom stereocenters. The summed E-state index contributed by atoms with van der Waals surface area (Å²) in [7, 11) is 3.12. The van der Waals surface area contributed by atoms with Crippen LogP contribution in [0.3, 0.4) is 0 Å². The molecule has 1 amide bonds. The van der Waals surface area contributed by atoms with Crippen molar-refractivity contribution in [3.05, 3.63) is 35.9 Å². The molecular formula is C18H18NO6-. The van der Waals surface area contributed by atoms with Crippen LogP contribution in [0.15, 0.2) is 30.4 Å². The lowest BCUT2D eigenvalue weighted by molar-refractivity contribution is -0.313. The van der Waals surface area contributed by atoms with Crippen LogP contribution >= 0.6 is 0 Å². The Morgan fingerprint density at radius 1 is 1.40 bits per heavy atom. The predicted octanol–water partition coefficient (Wildman–Crippen LogP) is -0.264. The van der Waals surface area contributed by atoms with Gasteiger partial charge in [-0.2, -0.15) is 0 Å². The summed E-state index contributed by atoms with van der Waals surface area (Å²) < 4.78 is 16.4. The SMILES string of the molecule is COc1ccc(CN2C[C@]34C=C[C@H](O3)[C@H](C(=O)[O-])[C@@H]4C2=O)c(OC)c1. The van der Waals surface area contributed by atoms with E-state index in [1.54, 1.807) is 37.3 Å². The maximum absolute atomic E-state index is 12.9. The number of carboxylic acid groups (broad SMARTS) is 1. The van der Waals surface area contributed by atoms with E-state index in [-0.39, 0.29) is 5.91 Å². The van der Waals surface area contributed by atoms with E-state index in [1.807, 2.05) is 12.1 Å². The molecule has 0 N–H and O–H groups in total. The van der Waals surface area contributed by atoms with Crippen molar-refractivity contribution >= 4 is 11.9 Å². The molecular weight excluding hydrogens is 326 g/mol. The van der Waals surface area contributed by atoms with Gasteiger partial charge in [0.05, 0.1) is 32.8 Å². The quantitative estimate of drug-likeness (QED) is 0.684. The van der Waals surface area contributed by atoms with Crippen LogP contribution in [0.2, 0.25) is 0 Å². The van der Waals surface area contributed by atoms with Gasteiger partial charge in [-0.05, 0) is 12.1 Å². The molecule has 1 aromatic carbocycles. The average Bonchev–Trinajstić information content (AvgIpc) is 3.23. The zero-order chi connectivity index (χ0) is 17.8. The van der Waals surface area contributed by atoms with Crippen molar-refractivity contribution in [2.24, 2.45) is 11.8 Å². The first-order valence-corrected chi connectivity index (χ1v) is 8.07. The highest BCUT2D eigenvalue weighted by molar-refractivity contribution is 5.90. The van der Waals surface area contributed by atoms with Gasteiger partial charge < -0.3 is 29.0 Å². The van der Waals surface area contributed by atoms with Crippen LogP contribution in [0, 0.1) is 11.8 Å². The molecule has 2 saturated heterocycles. The molecule has 0 saturated carbocycles. The number of nitrogens with zero attached hydrogens (tertiary/aromatic N) is 1. The number of aliphatic carboxylic acids is 1. The second-order valence-corrected chi connectivity index (χ2v) is 6.59. The Bertz CT molecular complexity index is 775. The minimum atomic E-state index is -1.24. The van der Waals surface area contributed by atoms with Crippen molar-refractivity contribution in [1.82, 2.24) is 4.90 Å². The molecule has 0 aromatic heterocycles. The molecule has 25 heavy (non-hydrogen) atoms. The summed E-state index contributed by atoms with van der Waals surface area (Å²) in [5.74, 6) is -1.85. The molecule has 2 bridgehead atoms. The largest absolute Gasteiger partial charge is 0.550 e. The molecule has 3 heterocycles. The van der Waals surface area contributed by atoms with Crippen LogP contribution in [0.5, 0.6) is 11.5 Å². The fourth-order valence-corrected chi connectivity index (χ4v) is 4.17. The molecule has 1 aromatic rings. The second-order valence-electron chi connectivity index (χ2n) is 6.59. The van der Waals surface area contributed by atoms with Crippen LogP contribution in [-0.2, 0) is 20.9 Å². The van der Waals surface area contributed by atoms with Crippen molar-refractivity contribution in [3.8, 4) is 11.5 Å². The van der Waals surface area contributed by atoms with E-state index in [0.29, 0.717) is 24.6 Å². The minimum Gasteiger partial charge on any atom is -0.550 e. The van der Waals surface area contributed by atoms with E-state index in [4.69, 9.17) is 14.2 Å². The molecule has 132 valence electrons.